The van der Waals surface area contributed by atoms with Gasteiger partial charge in [0.2, 0.25) is 11.8 Å². The molecule has 2 amide bonds. The Labute approximate surface area is 302 Å². The quantitative estimate of drug-likeness (QED) is 0.115. The fourth-order valence-corrected chi connectivity index (χ4v) is 7.06. The van der Waals surface area contributed by atoms with E-state index >= 15 is 0 Å². The highest BCUT2D eigenvalue weighted by Gasteiger charge is 2.37. The number of ether oxygens (including phenoxy) is 1. The smallest absolute Gasteiger partial charge is 0.273 e. The number of anilines is 1. The molecule has 0 fully saturated rings. The molecule has 0 radical (unpaired) electrons. The third-order valence-electron chi connectivity index (χ3n) is 7.72. The van der Waals surface area contributed by atoms with Crippen molar-refractivity contribution in [1.29, 1.82) is 0 Å². The number of benzene rings is 4. The molecule has 264 valence electrons. The molecule has 0 spiro atoms. The summed E-state index contributed by atoms with van der Waals surface area (Å²) in [4.78, 5) is 40.8. The summed E-state index contributed by atoms with van der Waals surface area (Å²) in [5.74, 6) is -1.16. The Bertz CT molecular complexity index is 1990. The summed E-state index contributed by atoms with van der Waals surface area (Å²) in [6.45, 7) is 5.93. The summed E-state index contributed by atoms with van der Waals surface area (Å²) in [5, 5.41) is 15.2. The van der Waals surface area contributed by atoms with Crippen LogP contribution in [0.3, 0.4) is 0 Å². The Balaban J connectivity index is 1.91. The Kier molecular flexibility index (Phi) is 12.2. The molecule has 0 aliphatic carbocycles. The van der Waals surface area contributed by atoms with Crippen molar-refractivity contribution in [3.05, 3.63) is 128 Å². The van der Waals surface area contributed by atoms with Crippen LogP contribution in [0.1, 0.15) is 37.5 Å². The van der Waals surface area contributed by atoms with Crippen molar-refractivity contribution >= 4 is 56.4 Å². The summed E-state index contributed by atoms with van der Waals surface area (Å²) in [7, 11) is -3.38. The van der Waals surface area contributed by atoms with Crippen LogP contribution in [-0.2, 0) is 32.6 Å². The highest BCUT2D eigenvalue weighted by Crippen LogP contribution is 2.36. The molecule has 0 aliphatic heterocycles. The van der Waals surface area contributed by atoms with E-state index in [1.54, 1.807) is 24.3 Å². The van der Waals surface area contributed by atoms with E-state index in [0.29, 0.717) is 10.6 Å². The first-order valence-corrected chi connectivity index (χ1v) is 17.7. The van der Waals surface area contributed by atoms with Gasteiger partial charge in [-0.25, -0.2) is 8.42 Å². The molecule has 0 aliphatic rings. The van der Waals surface area contributed by atoms with Gasteiger partial charge in [0.1, 0.15) is 18.3 Å². The van der Waals surface area contributed by atoms with E-state index in [1.165, 1.54) is 49.3 Å². The number of aryl methyl sites for hydroxylation is 1. The largest absolute Gasteiger partial charge is 0.495 e. The lowest BCUT2D eigenvalue weighted by atomic mass is 10.0. The maximum absolute atomic E-state index is 14.8. The van der Waals surface area contributed by atoms with Crippen LogP contribution in [0.25, 0.3) is 0 Å². The number of rotatable bonds is 13. The fraction of sp³-hybridized carbons (Fsp3) is 0.278. The summed E-state index contributed by atoms with van der Waals surface area (Å²) in [5.41, 5.74) is 0.343. The number of hydrogen-bond acceptors (Lipinski definition) is 7. The molecule has 0 saturated heterocycles. The first kappa shape index (κ1) is 38.2. The van der Waals surface area contributed by atoms with Gasteiger partial charge >= 0.3 is 0 Å². The highest BCUT2D eigenvalue weighted by atomic mass is 35.5. The average Bonchev–Trinajstić information content (AvgIpc) is 3.05. The summed E-state index contributed by atoms with van der Waals surface area (Å²) in [6, 6.07) is 22.6. The van der Waals surface area contributed by atoms with Gasteiger partial charge in [0.25, 0.3) is 15.7 Å². The molecular weight excluding hydrogens is 703 g/mol. The number of sulfonamides is 1. The predicted octanol–water partition coefficient (Wildman–Crippen LogP) is 6.97. The zero-order valence-corrected chi connectivity index (χ0v) is 30.6. The third-order valence-corrected chi connectivity index (χ3v) is 10.1. The lowest BCUT2D eigenvalue weighted by Crippen LogP contribution is -2.56. The number of nitro benzene ring substituents is 1. The van der Waals surface area contributed by atoms with E-state index < -0.39 is 55.5 Å². The molecule has 1 atom stereocenters. The average molecular weight is 742 g/mol. The first-order chi connectivity index (χ1) is 23.5. The SMILES string of the molecule is COc1ccc(Cl)cc1N(CC(=O)N(Cc1ccccc1Cl)[C@H](Cc1ccccc1)C(=O)NC(C)(C)C)S(=O)(=O)c1ccc(C)c([N+](=O)[O-])c1. The van der Waals surface area contributed by atoms with Gasteiger partial charge in [0.05, 0.1) is 22.6 Å². The number of methoxy groups -OCH3 is 1. The lowest BCUT2D eigenvalue weighted by molar-refractivity contribution is -0.385. The van der Waals surface area contributed by atoms with Crippen LogP contribution in [0.15, 0.2) is 95.9 Å². The second-order valence-corrected chi connectivity index (χ2v) is 15.3. The van der Waals surface area contributed by atoms with Crippen molar-refractivity contribution in [2.75, 3.05) is 18.0 Å². The third kappa shape index (κ3) is 9.32. The molecule has 0 aromatic heterocycles. The highest BCUT2D eigenvalue weighted by molar-refractivity contribution is 7.92. The van der Waals surface area contributed by atoms with Crippen LogP contribution in [0.2, 0.25) is 10.0 Å². The second kappa shape index (κ2) is 15.9. The van der Waals surface area contributed by atoms with E-state index in [4.69, 9.17) is 27.9 Å². The molecule has 0 bridgehead atoms. The minimum absolute atomic E-state index is 0.0661. The Hall–Kier alpha value is -4.65. The number of carbonyl (C=O) groups is 2. The van der Waals surface area contributed by atoms with Crippen LogP contribution in [0.4, 0.5) is 11.4 Å². The standard InChI is InChI=1S/C36H38Cl2N4O7S/c1-24-15-17-28(21-30(24)42(45)46)50(47,48)41(31-20-27(37)16-18-33(31)49-5)23-34(43)40(22-26-13-9-10-14-29(26)38)32(35(44)39-36(2,3)4)19-25-11-7-6-8-12-25/h6-18,20-21,32H,19,22-23H2,1-5H3,(H,39,44)/t32-/m1/s1. The number of hydrogen-bond donors (Lipinski definition) is 1. The van der Waals surface area contributed by atoms with Crippen molar-refractivity contribution in [3.63, 3.8) is 0 Å². The van der Waals surface area contributed by atoms with Gasteiger partial charge in [-0.05, 0) is 69.2 Å². The van der Waals surface area contributed by atoms with Gasteiger partial charge in [-0.3, -0.25) is 24.0 Å². The molecule has 11 nitrogen and oxygen atoms in total. The van der Waals surface area contributed by atoms with Crippen molar-refractivity contribution in [2.24, 2.45) is 0 Å². The second-order valence-electron chi connectivity index (χ2n) is 12.6. The van der Waals surface area contributed by atoms with Crippen LogP contribution in [0, 0.1) is 17.0 Å². The molecule has 1 N–H and O–H groups in total. The molecule has 4 aromatic rings. The zero-order valence-electron chi connectivity index (χ0n) is 28.2. The van der Waals surface area contributed by atoms with Gasteiger partial charge in [-0.2, -0.15) is 0 Å². The summed E-state index contributed by atoms with van der Waals surface area (Å²) in [6.07, 6.45) is 0.0936. The van der Waals surface area contributed by atoms with Gasteiger partial charge in [0.15, 0.2) is 0 Å². The van der Waals surface area contributed by atoms with E-state index in [0.717, 1.165) is 15.9 Å². The lowest BCUT2D eigenvalue weighted by Gasteiger charge is -2.35. The van der Waals surface area contributed by atoms with Crippen LogP contribution in [-0.4, -0.2) is 55.3 Å². The Morgan fingerprint density at radius 1 is 0.960 bits per heavy atom. The number of amides is 2. The molecular formula is C36H38Cl2N4O7S. The minimum Gasteiger partial charge on any atom is -0.495 e. The van der Waals surface area contributed by atoms with Crippen molar-refractivity contribution in [1.82, 2.24) is 10.2 Å². The topological polar surface area (TPSA) is 139 Å². The fourth-order valence-electron chi connectivity index (χ4n) is 5.26. The van der Waals surface area contributed by atoms with Crippen LogP contribution in [0.5, 0.6) is 5.75 Å². The predicted molar refractivity (Wildman–Crippen MR) is 194 cm³/mol. The monoisotopic (exact) mass is 740 g/mol. The van der Waals surface area contributed by atoms with Gasteiger partial charge in [-0.1, -0.05) is 77.8 Å². The summed E-state index contributed by atoms with van der Waals surface area (Å²) < 4.78 is 35.2. The molecule has 4 aromatic carbocycles. The number of halogens is 2. The van der Waals surface area contributed by atoms with E-state index in [9.17, 15) is 28.1 Å². The minimum atomic E-state index is -4.70. The normalized spacial score (nSPS) is 12.1. The van der Waals surface area contributed by atoms with Gasteiger partial charge < -0.3 is 15.0 Å². The van der Waals surface area contributed by atoms with Crippen LogP contribution >= 0.6 is 23.2 Å². The van der Waals surface area contributed by atoms with Crippen molar-refractivity contribution in [3.8, 4) is 5.75 Å². The first-order valence-electron chi connectivity index (χ1n) is 15.5. The van der Waals surface area contributed by atoms with E-state index in [1.807, 2.05) is 51.1 Å². The molecule has 4 rings (SSSR count). The molecule has 14 heteroatoms. The maximum atomic E-state index is 14.8. The molecule has 0 heterocycles. The van der Waals surface area contributed by atoms with Crippen LogP contribution < -0.4 is 14.4 Å². The maximum Gasteiger partial charge on any atom is 0.273 e. The van der Waals surface area contributed by atoms with E-state index in [2.05, 4.69) is 5.32 Å². The van der Waals surface area contributed by atoms with Crippen molar-refractivity contribution in [2.45, 2.75) is 57.1 Å². The number of nitrogens with one attached hydrogen (secondary N) is 1. The van der Waals surface area contributed by atoms with Gasteiger partial charge in [-0.15, -0.1) is 0 Å². The summed E-state index contributed by atoms with van der Waals surface area (Å²) >= 11 is 12.9. The Morgan fingerprint density at radius 3 is 2.24 bits per heavy atom. The molecule has 50 heavy (non-hydrogen) atoms. The number of carbonyl (C=O) groups excluding carboxylic acids is 2. The van der Waals surface area contributed by atoms with Gasteiger partial charge in [0, 0.05) is 40.2 Å². The molecule has 0 saturated carbocycles. The number of nitro groups is 1. The van der Waals surface area contributed by atoms with Crippen molar-refractivity contribution < 1.29 is 27.7 Å². The number of nitrogens with zero attached hydrogens (tertiary/aromatic N) is 3. The Morgan fingerprint density at radius 2 is 1.62 bits per heavy atom. The zero-order chi connectivity index (χ0) is 36.8. The molecule has 0 unspecified atom stereocenters. The van der Waals surface area contributed by atoms with E-state index in [-0.39, 0.29) is 35.0 Å².